The molecule has 0 bridgehead atoms. The van der Waals surface area contributed by atoms with Gasteiger partial charge in [0.1, 0.15) is 11.9 Å². The Labute approximate surface area is 190 Å². The number of rotatable bonds is 7. The maximum absolute atomic E-state index is 13.1. The van der Waals surface area contributed by atoms with Crippen molar-refractivity contribution in [2.75, 3.05) is 38.7 Å². The van der Waals surface area contributed by atoms with Gasteiger partial charge in [0, 0.05) is 50.3 Å². The molecular formula is C23H26FN3O4S. The molecule has 0 spiro atoms. The average Bonchev–Trinajstić information content (AvgIpc) is 3.25. The van der Waals surface area contributed by atoms with Crippen LogP contribution in [-0.2, 0) is 16.1 Å². The molecule has 1 saturated heterocycles. The van der Waals surface area contributed by atoms with Gasteiger partial charge in [-0.3, -0.25) is 14.5 Å². The number of nitrogens with zero attached hydrogens (tertiary/aromatic N) is 2. The Bertz CT molecular complexity index is 964. The van der Waals surface area contributed by atoms with E-state index in [2.05, 4.69) is 10.2 Å². The molecule has 1 fully saturated rings. The van der Waals surface area contributed by atoms with Crippen LogP contribution in [0.5, 0.6) is 11.5 Å². The molecule has 0 aromatic heterocycles. The van der Waals surface area contributed by atoms with Crippen molar-refractivity contribution in [3.05, 3.63) is 53.8 Å². The van der Waals surface area contributed by atoms with Crippen molar-refractivity contribution in [3.8, 4) is 11.5 Å². The predicted octanol–water partition coefficient (Wildman–Crippen LogP) is 2.50. The normalized spacial score (nSPS) is 16.6. The van der Waals surface area contributed by atoms with Crippen molar-refractivity contribution < 1.29 is 23.5 Å². The van der Waals surface area contributed by atoms with Crippen LogP contribution in [0.15, 0.2) is 47.4 Å². The molecular weight excluding hydrogens is 433 g/mol. The van der Waals surface area contributed by atoms with Crippen LogP contribution in [0.1, 0.15) is 12.5 Å². The van der Waals surface area contributed by atoms with Crippen LogP contribution in [0.2, 0.25) is 0 Å². The average molecular weight is 460 g/mol. The second kappa shape index (κ2) is 10.2. The zero-order valence-corrected chi connectivity index (χ0v) is 18.7. The summed E-state index contributed by atoms with van der Waals surface area (Å²) in [5.41, 5.74) is 1.14. The molecule has 1 unspecified atom stereocenters. The lowest BCUT2D eigenvalue weighted by atomic mass is 10.1. The van der Waals surface area contributed by atoms with Crippen LogP contribution in [0.25, 0.3) is 0 Å². The summed E-state index contributed by atoms with van der Waals surface area (Å²) < 4.78 is 23.9. The SMILES string of the molecule is CC(=O)NC(CSc1ccc(F)cc1)C(=O)N1CCN(Cc2ccc3c(c2)OCO3)CC1. The number of thioether (sulfide) groups is 1. The maximum atomic E-state index is 13.1. The first-order valence-corrected chi connectivity index (χ1v) is 11.5. The van der Waals surface area contributed by atoms with E-state index in [0.717, 1.165) is 41.6 Å². The van der Waals surface area contributed by atoms with Crippen molar-refractivity contribution in [2.45, 2.75) is 24.4 Å². The summed E-state index contributed by atoms with van der Waals surface area (Å²) >= 11 is 1.42. The van der Waals surface area contributed by atoms with E-state index in [1.165, 1.54) is 30.8 Å². The Morgan fingerprint density at radius 2 is 1.78 bits per heavy atom. The molecule has 2 aliphatic heterocycles. The highest BCUT2D eigenvalue weighted by molar-refractivity contribution is 7.99. The molecule has 2 aliphatic rings. The van der Waals surface area contributed by atoms with E-state index < -0.39 is 6.04 Å². The van der Waals surface area contributed by atoms with Crippen molar-refractivity contribution in [3.63, 3.8) is 0 Å². The molecule has 7 nitrogen and oxygen atoms in total. The fourth-order valence-corrected chi connectivity index (χ4v) is 4.69. The number of carbonyl (C=O) groups is 2. The summed E-state index contributed by atoms with van der Waals surface area (Å²) in [5, 5.41) is 2.77. The Hall–Kier alpha value is -2.78. The number of halogens is 1. The number of nitrogens with one attached hydrogen (secondary N) is 1. The zero-order valence-electron chi connectivity index (χ0n) is 17.9. The van der Waals surface area contributed by atoms with E-state index in [-0.39, 0.29) is 24.4 Å². The molecule has 32 heavy (non-hydrogen) atoms. The number of hydrogen-bond donors (Lipinski definition) is 1. The summed E-state index contributed by atoms with van der Waals surface area (Å²) in [6.45, 7) is 5.13. The highest BCUT2D eigenvalue weighted by Gasteiger charge is 2.28. The van der Waals surface area contributed by atoms with Crippen LogP contribution in [-0.4, -0.2) is 66.4 Å². The molecule has 1 atom stereocenters. The summed E-state index contributed by atoms with van der Waals surface area (Å²) in [6, 6.07) is 11.4. The second-order valence-electron chi connectivity index (χ2n) is 7.81. The second-order valence-corrected chi connectivity index (χ2v) is 8.90. The van der Waals surface area contributed by atoms with Gasteiger partial charge in [-0.2, -0.15) is 0 Å². The van der Waals surface area contributed by atoms with Crippen LogP contribution in [0.3, 0.4) is 0 Å². The first kappa shape index (κ1) is 22.4. The number of fused-ring (bicyclic) bond motifs is 1. The summed E-state index contributed by atoms with van der Waals surface area (Å²) in [5.74, 6) is 1.30. The van der Waals surface area contributed by atoms with E-state index in [0.29, 0.717) is 18.8 Å². The molecule has 0 aliphatic carbocycles. The molecule has 1 N–H and O–H groups in total. The van der Waals surface area contributed by atoms with Crippen LogP contribution in [0.4, 0.5) is 4.39 Å². The molecule has 170 valence electrons. The molecule has 0 saturated carbocycles. The Kier molecular flexibility index (Phi) is 7.16. The van der Waals surface area contributed by atoms with Crippen molar-refractivity contribution in [1.29, 1.82) is 0 Å². The minimum Gasteiger partial charge on any atom is -0.454 e. The monoisotopic (exact) mass is 459 g/mol. The molecule has 2 amide bonds. The Balaban J connectivity index is 1.30. The molecule has 2 heterocycles. The number of piperazine rings is 1. The van der Waals surface area contributed by atoms with Crippen molar-refractivity contribution in [1.82, 2.24) is 15.1 Å². The number of amides is 2. The van der Waals surface area contributed by atoms with Gasteiger partial charge in [0.15, 0.2) is 11.5 Å². The van der Waals surface area contributed by atoms with E-state index >= 15 is 0 Å². The molecule has 9 heteroatoms. The van der Waals surface area contributed by atoms with Gasteiger partial charge in [-0.25, -0.2) is 4.39 Å². The minimum atomic E-state index is -0.622. The molecule has 0 radical (unpaired) electrons. The number of carbonyl (C=O) groups excluding carboxylic acids is 2. The van der Waals surface area contributed by atoms with Gasteiger partial charge >= 0.3 is 0 Å². The summed E-state index contributed by atoms with van der Waals surface area (Å²) in [7, 11) is 0. The smallest absolute Gasteiger partial charge is 0.246 e. The maximum Gasteiger partial charge on any atom is 0.246 e. The lowest BCUT2D eigenvalue weighted by Crippen LogP contribution is -2.55. The molecule has 2 aromatic carbocycles. The third-order valence-electron chi connectivity index (χ3n) is 5.43. The highest BCUT2D eigenvalue weighted by Crippen LogP contribution is 2.32. The van der Waals surface area contributed by atoms with E-state index in [4.69, 9.17) is 9.47 Å². The third kappa shape index (κ3) is 5.72. The molecule has 2 aromatic rings. The van der Waals surface area contributed by atoms with Crippen LogP contribution >= 0.6 is 11.8 Å². The Morgan fingerprint density at radius 1 is 1.06 bits per heavy atom. The van der Waals surface area contributed by atoms with Crippen LogP contribution in [0, 0.1) is 5.82 Å². The van der Waals surface area contributed by atoms with Gasteiger partial charge in [-0.1, -0.05) is 6.07 Å². The number of ether oxygens (including phenoxy) is 2. The van der Waals surface area contributed by atoms with Gasteiger partial charge in [0.05, 0.1) is 0 Å². The topological polar surface area (TPSA) is 71.1 Å². The van der Waals surface area contributed by atoms with E-state index in [1.807, 2.05) is 23.1 Å². The van der Waals surface area contributed by atoms with Gasteiger partial charge in [0.25, 0.3) is 0 Å². The standard InChI is InChI=1S/C23H26FN3O4S/c1-16(28)25-20(14-32-19-5-3-18(24)4-6-19)23(29)27-10-8-26(9-11-27)13-17-2-7-21-22(12-17)31-15-30-21/h2-7,12,20H,8-11,13-15H2,1H3,(H,25,28). The minimum absolute atomic E-state index is 0.0856. The van der Waals surface area contributed by atoms with Crippen molar-refractivity contribution in [2.24, 2.45) is 0 Å². The fraction of sp³-hybridized carbons (Fsp3) is 0.391. The lowest BCUT2D eigenvalue weighted by molar-refractivity contribution is -0.137. The van der Waals surface area contributed by atoms with Gasteiger partial charge < -0.3 is 19.7 Å². The van der Waals surface area contributed by atoms with Gasteiger partial charge in [-0.05, 0) is 42.0 Å². The van der Waals surface area contributed by atoms with E-state index in [9.17, 15) is 14.0 Å². The van der Waals surface area contributed by atoms with Crippen molar-refractivity contribution >= 4 is 23.6 Å². The number of benzene rings is 2. The summed E-state index contributed by atoms with van der Waals surface area (Å²) in [4.78, 5) is 29.7. The quantitative estimate of drug-likeness (QED) is 0.642. The highest BCUT2D eigenvalue weighted by atomic mass is 32.2. The lowest BCUT2D eigenvalue weighted by Gasteiger charge is -2.36. The molecule has 4 rings (SSSR count). The summed E-state index contributed by atoms with van der Waals surface area (Å²) in [6.07, 6.45) is 0. The number of hydrogen-bond acceptors (Lipinski definition) is 6. The third-order valence-corrected chi connectivity index (χ3v) is 6.54. The van der Waals surface area contributed by atoms with E-state index in [1.54, 1.807) is 12.1 Å². The fourth-order valence-electron chi connectivity index (χ4n) is 3.77. The van der Waals surface area contributed by atoms with Gasteiger partial charge in [0.2, 0.25) is 18.6 Å². The van der Waals surface area contributed by atoms with Crippen LogP contribution < -0.4 is 14.8 Å². The first-order chi connectivity index (χ1) is 15.5. The first-order valence-electron chi connectivity index (χ1n) is 10.5. The Morgan fingerprint density at radius 3 is 2.50 bits per heavy atom. The largest absolute Gasteiger partial charge is 0.454 e. The predicted molar refractivity (Wildman–Crippen MR) is 119 cm³/mol. The van der Waals surface area contributed by atoms with Gasteiger partial charge in [-0.15, -0.1) is 11.8 Å². The zero-order chi connectivity index (χ0) is 22.5.